The summed E-state index contributed by atoms with van der Waals surface area (Å²) in [6.07, 6.45) is 5.29. The van der Waals surface area contributed by atoms with Crippen molar-refractivity contribution in [3.05, 3.63) is 82.2 Å². The number of benzene rings is 1. The van der Waals surface area contributed by atoms with Gasteiger partial charge in [-0.25, -0.2) is 22.8 Å². The molecule has 0 unspecified atom stereocenters. The molecule has 0 fully saturated rings. The molecule has 1 aromatic carbocycles. The molecule has 0 saturated heterocycles. The number of pyridine rings is 1. The van der Waals surface area contributed by atoms with Crippen LogP contribution >= 0.6 is 11.6 Å². The Hall–Kier alpha value is -2.71. The van der Waals surface area contributed by atoms with Gasteiger partial charge in [-0.2, -0.15) is 4.39 Å². The Kier molecular flexibility index (Phi) is 5.81. The van der Waals surface area contributed by atoms with E-state index in [4.69, 9.17) is 11.6 Å². The molecule has 0 spiro atoms. The number of hydrogen-bond donors (Lipinski definition) is 0. The van der Waals surface area contributed by atoms with Gasteiger partial charge in [-0.05, 0) is 30.7 Å². The third-order valence-electron chi connectivity index (χ3n) is 3.87. The molecule has 144 valence electrons. The van der Waals surface area contributed by atoms with Crippen LogP contribution in [0.25, 0.3) is 12.2 Å². The zero-order valence-electron chi connectivity index (χ0n) is 14.6. The Morgan fingerprint density at radius 2 is 1.79 bits per heavy atom. The first-order valence-corrected chi connectivity index (χ1v) is 10.1. The van der Waals surface area contributed by atoms with Crippen molar-refractivity contribution in [2.24, 2.45) is 0 Å². The quantitative estimate of drug-likeness (QED) is 0.575. The van der Waals surface area contributed by atoms with Crippen LogP contribution < -0.4 is 0 Å². The van der Waals surface area contributed by atoms with E-state index in [1.807, 2.05) is 0 Å². The Bertz CT molecular complexity index is 1150. The highest BCUT2D eigenvalue weighted by molar-refractivity contribution is 7.90. The van der Waals surface area contributed by atoms with E-state index < -0.39 is 32.5 Å². The molecule has 0 saturated carbocycles. The van der Waals surface area contributed by atoms with Gasteiger partial charge in [-0.1, -0.05) is 35.9 Å². The standard InChI is InChI=1S/C19H14ClF2N3O2S/c1-12-14(6-5-13-9-23-19(22)24-10-13)7-8-15(25-12)11-28(26,27)17-4-2-3-16(21)18(17)20/h2-10H,11H2,1H3/b6-5+. The Morgan fingerprint density at radius 3 is 2.46 bits per heavy atom. The summed E-state index contributed by atoms with van der Waals surface area (Å²) in [6, 6.07) is 6.92. The molecule has 3 aromatic rings. The maximum absolute atomic E-state index is 13.6. The zero-order chi connectivity index (χ0) is 20.3. The molecule has 0 aliphatic carbocycles. The summed E-state index contributed by atoms with van der Waals surface area (Å²) in [4.78, 5) is 11.0. The summed E-state index contributed by atoms with van der Waals surface area (Å²) in [5.74, 6) is -1.20. The minimum Gasteiger partial charge on any atom is -0.256 e. The minimum atomic E-state index is -3.86. The highest BCUT2D eigenvalue weighted by Gasteiger charge is 2.21. The Balaban J connectivity index is 1.82. The topological polar surface area (TPSA) is 72.8 Å². The molecule has 0 aliphatic rings. The number of hydrogen-bond acceptors (Lipinski definition) is 5. The second-order valence-corrected chi connectivity index (χ2v) is 8.24. The number of sulfone groups is 1. The van der Waals surface area contributed by atoms with E-state index >= 15 is 0 Å². The van der Waals surface area contributed by atoms with Crippen LogP contribution in [-0.2, 0) is 15.6 Å². The van der Waals surface area contributed by atoms with Gasteiger partial charge < -0.3 is 0 Å². The van der Waals surface area contributed by atoms with E-state index in [2.05, 4.69) is 15.0 Å². The molecule has 3 rings (SSSR count). The number of aryl methyl sites for hydroxylation is 1. The largest absolute Gasteiger partial charge is 0.308 e. The van der Waals surface area contributed by atoms with Crippen LogP contribution in [0, 0.1) is 18.8 Å². The van der Waals surface area contributed by atoms with Gasteiger partial charge in [0.15, 0.2) is 9.84 Å². The lowest BCUT2D eigenvalue weighted by molar-refractivity contribution is 0.538. The predicted octanol–water partition coefficient (Wildman–Crippen LogP) is 4.26. The van der Waals surface area contributed by atoms with Crippen molar-refractivity contribution >= 4 is 33.6 Å². The van der Waals surface area contributed by atoms with Gasteiger partial charge in [0.1, 0.15) is 5.82 Å². The lowest BCUT2D eigenvalue weighted by Crippen LogP contribution is -2.08. The van der Waals surface area contributed by atoms with Crippen LogP contribution in [0.2, 0.25) is 5.02 Å². The van der Waals surface area contributed by atoms with Gasteiger partial charge in [0.2, 0.25) is 0 Å². The van der Waals surface area contributed by atoms with E-state index in [-0.39, 0.29) is 4.90 Å². The summed E-state index contributed by atoms with van der Waals surface area (Å²) in [7, 11) is -3.86. The van der Waals surface area contributed by atoms with Gasteiger partial charge in [0.05, 0.1) is 21.4 Å². The average molecular weight is 422 g/mol. The molecule has 0 radical (unpaired) electrons. The molecule has 0 aliphatic heterocycles. The van der Waals surface area contributed by atoms with Crippen LogP contribution in [0.15, 0.2) is 47.6 Å². The lowest BCUT2D eigenvalue weighted by atomic mass is 10.1. The van der Waals surface area contributed by atoms with Crippen LogP contribution in [-0.4, -0.2) is 23.4 Å². The van der Waals surface area contributed by atoms with Crippen molar-refractivity contribution in [3.63, 3.8) is 0 Å². The van der Waals surface area contributed by atoms with E-state index in [0.29, 0.717) is 17.0 Å². The fourth-order valence-corrected chi connectivity index (χ4v) is 4.31. The predicted molar refractivity (Wildman–Crippen MR) is 102 cm³/mol. The third-order valence-corrected chi connectivity index (χ3v) is 6.05. The van der Waals surface area contributed by atoms with Crippen molar-refractivity contribution in [3.8, 4) is 0 Å². The summed E-state index contributed by atoms with van der Waals surface area (Å²) >= 11 is 5.79. The smallest absolute Gasteiger partial charge is 0.256 e. The number of halogens is 3. The third kappa shape index (κ3) is 4.58. The molecule has 2 aromatic heterocycles. The van der Waals surface area contributed by atoms with Gasteiger partial charge >= 0.3 is 6.08 Å². The van der Waals surface area contributed by atoms with Gasteiger partial charge in [0, 0.05) is 23.7 Å². The first-order valence-electron chi connectivity index (χ1n) is 8.05. The van der Waals surface area contributed by atoms with Crippen LogP contribution in [0.1, 0.15) is 22.5 Å². The lowest BCUT2D eigenvalue weighted by Gasteiger charge is -2.08. The molecular formula is C19H14ClF2N3O2S. The SMILES string of the molecule is Cc1nc(CS(=O)(=O)c2cccc(F)c2Cl)ccc1/C=C/c1cnc(F)nc1. The van der Waals surface area contributed by atoms with E-state index in [9.17, 15) is 17.2 Å². The van der Waals surface area contributed by atoms with E-state index in [1.54, 1.807) is 31.2 Å². The summed E-state index contributed by atoms with van der Waals surface area (Å²) < 4.78 is 51.4. The van der Waals surface area contributed by atoms with Crippen molar-refractivity contribution < 1.29 is 17.2 Å². The molecule has 28 heavy (non-hydrogen) atoms. The first-order chi connectivity index (χ1) is 13.3. The second-order valence-electron chi connectivity index (χ2n) is 5.91. The zero-order valence-corrected chi connectivity index (χ0v) is 16.2. The Morgan fingerprint density at radius 1 is 1.07 bits per heavy atom. The molecular weight excluding hydrogens is 408 g/mol. The maximum atomic E-state index is 13.6. The first kappa shape index (κ1) is 20.0. The molecule has 0 amide bonds. The number of rotatable bonds is 5. The fourth-order valence-electron chi connectivity index (χ4n) is 2.47. The highest BCUT2D eigenvalue weighted by atomic mass is 35.5. The van der Waals surface area contributed by atoms with Crippen LogP contribution in [0.4, 0.5) is 8.78 Å². The minimum absolute atomic E-state index is 0.270. The maximum Gasteiger partial charge on any atom is 0.308 e. The van der Waals surface area contributed by atoms with Crippen molar-refractivity contribution in [1.29, 1.82) is 0 Å². The monoisotopic (exact) mass is 421 g/mol. The summed E-state index contributed by atoms with van der Waals surface area (Å²) in [6.45, 7) is 1.73. The summed E-state index contributed by atoms with van der Waals surface area (Å²) in [5, 5.41) is -0.430. The molecule has 9 heteroatoms. The molecule has 0 N–H and O–H groups in total. The van der Waals surface area contributed by atoms with Crippen molar-refractivity contribution in [2.45, 2.75) is 17.6 Å². The van der Waals surface area contributed by atoms with Crippen molar-refractivity contribution in [1.82, 2.24) is 15.0 Å². The second kappa shape index (κ2) is 8.12. The highest BCUT2D eigenvalue weighted by Crippen LogP contribution is 2.27. The fraction of sp³-hybridized carbons (Fsp3) is 0.105. The van der Waals surface area contributed by atoms with Crippen molar-refractivity contribution in [2.75, 3.05) is 0 Å². The molecule has 0 bridgehead atoms. The molecule has 0 atom stereocenters. The summed E-state index contributed by atoms with van der Waals surface area (Å²) in [5.41, 5.74) is 2.25. The van der Waals surface area contributed by atoms with E-state index in [0.717, 1.165) is 11.6 Å². The van der Waals surface area contributed by atoms with Crippen LogP contribution in [0.3, 0.4) is 0 Å². The normalized spacial score (nSPS) is 11.9. The van der Waals surface area contributed by atoms with Gasteiger partial charge in [-0.3, -0.25) is 4.98 Å². The average Bonchev–Trinajstić information content (AvgIpc) is 2.64. The van der Waals surface area contributed by atoms with Gasteiger partial charge in [0.25, 0.3) is 0 Å². The van der Waals surface area contributed by atoms with Gasteiger partial charge in [-0.15, -0.1) is 0 Å². The molecule has 5 nitrogen and oxygen atoms in total. The van der Waals surface area contributed by atoms with E-state index in [1.165, 1.54) is 24.5 Å². The van der Waals surface area contributed by atoms with Crippen LogP contribution in [0.5, 0.6) is 0 Å². The Labute approximate surface area is 165 Å². The molecule has 2 heterocycles. The number of nitrogens with zero attached hydrogens (tertiary/aromatic N) is 3. The number of aromatic nitrogens is 3.